The lowest BCUT2D eigenvalue weighted by Gasteiger charge is -2.24. The normalized spacial score (nSPS) is 24.4. The molecule has 0 spiro atoms. The Bertz CT molecular complexity index is 530. The van der Waals surface area contributed by atoms with Gasteiger partial charge in [0.2, 0.25) is 0 Å². The van der Waals surface area contributed by atoms with E-state index in [9.17, 15) is 4.79 Å². The minimum atomic E-state index is 0.101. The Kier molecular flexibility index (Phi) is 4.67. The predicted octanol–water partition coefficient (Wildman–Crippen LogP) is 2.54. The molecular weight excluding hydrogens is 276 g/mol. The molecule has 0 aromatic heterocycles. The van der Waals surface area contributed by atoms with Gasteiger partial charge in [-0.25, -0.2) is 0 Å². The molecule has 120 valence electrons. The van der Waals surface area contributed by atoms with Crippen LogP contribution in [0, 0.1) is 0 Å². The first-order valence-electron chi connectivity index (χ1n) is 8.38. The second-order valence-electron chi connectivity index (χ2n) is 6.78. The van der Waals surface area contributed by atoms with Gasteiger partial charge in [0.1, 0.15) is 5.75 Å². The quantitative estimate of drug-likeness (QED) is 0.929. The van der Waals surface area contributed by atoms with Gasteiger partial charge in [-0.05, 0) is 42.9 Å². The van der Waals surface area contributed by atoms with Crippen molar-refractivity contribution in [1.82, 2.24) is 10.2 Å². The molecule has 0 aliphatic carbocycles. The fourth-order valence-corrected chi connectivity index (χ4v) is 3.37. The zero-order valence-corrected chi connectivity index (χ0v) is 13.5. The fraction of sp³-hybridized carbons (Fsp3) is 0.611. The number of benzene rings is 1. The average molecular weight is 302 g/mol. The van der Waals surface area contributed by atoms with Crippen molar-refractivity contribution >= 4 is 5.91 Å². The highest BCUT2D eigenvalue weighted by Gasteiger charge is 2.31. The smallest absolute Gasteiger partial charge is 0.260 e. The van der Waals surface area contributed by atoms with Gasteiger partial charge in [-0.3, -0.25) is 4.79 Å². The van der Waals surface area contributed by atoms with Crippen LogP contribution in [0.25, 0.3) is 0 Å². The third-order valence-electron chi connectivity index (χ3n) is 4.76. The van der Waals surface area contributed by atoms with Crippen LogP contribution in [0.3, 0.4) is 0 Å². The molecule has 1 aromatic rings. The molecule has 0 saturated carbocycles. The molecule has 1 amide bonds. The molecule has 2 fully saturated rings. The number of amides is 1. The van der Waals surface area contributed by atoms with Crippen molar-refractivity contribution in [1.29, 1.82) is 0 Å². The van der Waals surface area contributed by atoms with Crippen LogP contribution in [0.4, 0.5) is 0 Å². The summed E-state index contributed by atoms with van der Waals surface area (Å²) in [5, 5.41) is 3.60. The van der Waals surface area contributed by atoms with Gasteiger partial charge in [-0.2, -0.15) is 0 Å². The number of fused-ring (bicyclic) bond motifs is 2. The van der Waals surface area contributed by atoms with E-state index in [1.54, 1.807) is 0 Å². The number of ether oxygens (including phenoxy) is 1. The number of carbonyl (C=O) groups excluding carboxylic acids is 1. The molecule has 2 bridgehead atoms. The zero-order valence-electron chi connectivity index (χ0n) is 13.5. The van der Waals surface area contributed by atoms with Gasteiger partial charge in [0.15, 0.2) is 6.61 Å². The van der Waals surface area contributed by atoms with E-state index in [0.29, 0.717) is 18.0 Å². The van der Waals surface area contributed by atoms with E-state index >= 15 is 0 Å². The Morgan fingerprint density at radius 1 is 1.32 bits per heavy atom. The van der Waals surface area contributed by atoms with Crippen LogP contribution in [-0.2, 0) is 4.79 Å². The topological polar surface area (TPSA) is 41.6 Å². The lowest BCUT2D eigenvalue weighted by molar-refractivity contribution is -0.133. The summed E-state index contributed by atoms with van der Waals surface area (Å²) in [5.41, 5.74) is 1.24. The molecule has 2 aliphatic rings. The van der Waals surface area contributed by atoms with E-state index in [1.807, 2.05) is 23.1 Å². The Balaban J connectivity index is 1.54. The number of hydrogen-bond acceptors (Lipinski definition) is 3. The van der Waals surface area contributed by atoms with E-state index in [-0.39, 0.29) is 12.5 Å². The summed E-state index contributed by atoms with van der Waals surface area (Å²) in [5.74, 6) is 1.35. The maximum absolute atomic E-state index is 12.4. The summed E-state index contributed by atoms with van der Waals surface area (Å²) in [6.07, 6.45) is 3.50. The number of carbonyl (C=O) groups is 1. The third-order valence-corrected chi connectivity index (χ3v) is 4.76. The zero-order chi connectivity index (χ0) is 15.5. The average Bonchev–Trinajstić information content (AvgIpc) is 2.84. The maximum atomic E-state index is 12.4. The van der Waals surface area contributed by atoms with Gasteiger partial charge in [0.05, 0.1) is 0 Å². The van der Waals surface area contributed by atoms with Crippen LogP contribution >= 0.6 is 0 Å². The molecule has 2 aliphatic heterocycles. The standard InChI is InChI=1S/C18H26N2O2/c1-13(2)14-4-3-5-17(10-14)22-12-18(21)20-9-8-15-6-7-16(11-20)19-15/h3-5,10,13,15-16,19H,6-9,11-12H2,1-2H3. The number of rotatable bonds is 4. The van der Waals surface area contributed by atoms with E-state index < -0.39 is 0 Å². The number of likely N-dealkylation sites (tertiary alicyclic amines) is 1. The summed E-state index contributed by atoms with van der Waals surface area (Å²) in [4.78, 5) is 14.4. The SMILES string of the molecule is CC(C)c1cccc(OCC(=O)N2CCC3CCC(C2)N3)c1. The van der Waals surface area contributed by atoms with Crippen LogP contribution in [0.5, 0.6) is 5.75 Å². The minimum Gasteiger partial charge on any atom is -0.484 e. The number of nitrogens with zero attached hydrogens (tertiary/aromatic N) is 1. The van der Waals surface area contributed by atoms with Gasteiger partial charge < -0.3 is 15.0 Å². The van der Waals surface area contributed by atoms with E-state index in [0.717, 1.165) is 25.3 Å². The highest BCUT2D eigenvalue weighted by Crippen LogP contribution is 2.22. The molecule has 4 heteroatoms. The first-order chi connectivity index (χ1) is 10.6. The molecular formula is C18H26N2O2. The molecule has 2 heterocycles. The molecule has 4 nitrogen and oxygen atoms in total. The van der Waals surface area contributed by atoms with Gasteiger partial charge in [0.25, 0.3) is 5.91 Å². The van der Waals surface area contributed by atoms with Gasteiger partial charge in [-0.1, -0.05) is 26.0 Å². The Morgan fingerprint density at radius 3 is 2.95 bits per heavy atom. The second kappa shape index (κ2) is 6.69. The fourth-order valence-electron chi connectivity index (χ4n) is 3.37. The lowest BCUT2D eigenvalue weighted by atomic mass is 10.0. The van der Waals surface area contributed by atoms with Crippen LogP contribution in [0.1, 0.15) is 44.6 Å². The monoisotopic (exact) mass is 302 g/mol. The van der Waals surface area contributed by atoms with Crippen LogP contribution < -0.4 is 10.1 Å². The summed E-state index contributed by atoms with van der Waals surface area (Å²) in [6.45, 7) is 6.12. The van der Waals surface area contributed by atoms with Gasteiger partial charge in [0, 0.05) is 25.2 Å². The summed E-state index contributed by atoms with van der Waals surface area (Å²) < 4.78 is 5.72. The molecule has 0 radical (unpaired) electrons. The Hall–Kier alpha value is -1.55. The largest absolute Gasteiger partial charge is 0.484 e. The number of hydrogen-bond donors (Lipinski definition) is 1. The summed E-state index contributed by atoms with van der Waals surface area (Å²) in [7, 11) is 0. The van der Waals surface area contributed by atoms with Crippen molar-refractivity contribution in [2.75, 3.05) is 19.7 Å². The molecule has 2 saturated heterocycles. The lowest BCUT2D eigenvalue weighted by Crippen LogP contribution is -2.41. The third kappa shape index (κ3) is 3.61. The first-order valence-corrected chi connectivity index (χ1v) is 8.38. The predicted molar refractivity (Wildman–Crippen MR) is 87.2 cm³/mol. The highest BCUT2D eigenvalue weighted by atomic mass is 16.5. The highest BCUT2D eigenvalue weighted by molar-refractivity contribution is 5.77. The van der Waals surface area contributed by atoms with Crippen LogP contribution in [0.2, 0.25) is 0 Å². The first kappa shape index (κ1) is 15.3. The van der Waals surface area contributed by atoms with E-state index in [4.69, 9.17) is 4.74 Å². The van der Waals surface area contributed by atoms with Crippen LogP contribution in [-0.4, -0.2) is 42.6 Å². The van der Waals surface area contributed by atoms with Crippen molar-refractivity contribution in [3.8, 4) is 5.75 Å². The molecule has 1 N–H and O–H groups in total. The van der Waals surface area contributed by atoms with Crippen molar-refractivity contribution in [2.24, 2.45) is 0 Å². The van der Waals surface area contributed by atoms with Crippen molar-refractivity contribution in [3.63, 3.8) is 0 Å². The summed E-state index contributed by atoms with van der Waals surface area (Å²) in [6, 6.07) is 9.11. The molecule has 3 rings (SSSR count). The van der Waals surface area contributed by atoms with Crippen molar-refractivity contribution < 1.29 is 9.53 Å². The van der Waals surface area contributed by atoms with Gasteiger partial charge >= 0.3 is 0 Å². The van der Waals surface area contributed by atoms with E-state index in [2.05, 4.69) is 25.2 Å². The minimum absolute atomic E-state index is 0.101. The Morgan fingerprint density at radius 2 is 2.14 bits per heavy atom. The Labute approximate surface area is 132 Å². The van der Waals surface area contributed by atoms with Crippen molar-refractivity contribution in [3.05, 3.63) is 29.8 Å². The second-order valence-corrected chi connectivity index (χ2v) is 6.78. The molecule has 1 aromatic carbocycles. The van der Waals surface area contributed by atoms with Crippen LogP contribution in [0.15, 0.2) is 24.3 Å². The van der Waals surface area contributed by atoms with E-state index in [1.165, 1.54) is 18.4 Å². The molecule has 2 atom stereocenters. The van der Waals surface area contributed by atoms with Crippen molar-refractivity contribution in [2.45, 2.75) is 51.1 Å². The molecule has 2 unspecified atom stereocenters. The maximum Gasteiger partial charge on any atom is 0.260 e. The number of nitrogens with one attached hydrogen (secondary N) is 1. The molecule has 22 heavy (non-hydrogen) atoms. The van der Waals surface area contributed by atoms with Gasteiger partial charge in [-0.15, -0.1) is 0 Å². The summed E-state index contributed by atoms with van der Waals surface area (Å²) >= 11 is 0.